The van der Waals surface area contributed by atoms with Crippen LogP contribution in [0.3, 0.4) is 0 Å². The Morgan fingerprint density at radius 1 is 1.48 bits per heavy atom. The smallest absolute Gasteiger partial charge is 0.360 e. The van der Waals surface area contributed by atoms with Gasteiger partial charge in [-0.3, -0.25) is 0 Å². The fourth-order valence-electron chi connectivity index (χ4n) is 0.945. The van der Waals surface area contributed by atoms with E-state index in [0.717, 1.165) is 11.3 Å². The number of esters is 1. The number of ether oxygens (including phenoxy) is 1. The quantitative estimate of drug-likeness (QED) is 0.333. The standard InChI is InChI=1S/C9H8Cl3N3O5S/c10-9(11,12)3-19-5(16)1-20-15-6(7(17)18)4-2-21-8(13)14-4/h2H,1,3H2,(H2,13,14)(H,17,18). The van der Waals surface area contributed by atoms with Crippen LogP contribution >= 0.6 is 46.1 Å². The number of carboxylic acid groups (broad SMARTS) is 1. The van der Waals surface area contributed by atoms with Crippen LogP contribution in [0.5, 0.6) is 0 Å². The largest absolute Gasteiger partial charge is 0.476 e. The van der Waals surface area contributed by atoms with Gasteiger partial charge in [0.1, 0.15) is 12.3 Å². The molecule has 0 spiro atoms. The molecule has 8 nitrogen and oxygen atoms in total. The van der Waals surface area contributed by atoms with E-state index in [9.17, 15) is 9.59 Å². The fourth-order valence-corrected chi connectivity index (χ4v) is 1.66. The predicted molar refractivity (Wildman–Crippen MR) is 77.9 cm³/mol. The number of carbonyl (C=O) groups is 2. The van der Waals surface area contributed by atoms with Crippen LogP contribution in [0, 0.1) is 0 Å². The van der Waals surface area contributed by atoms with Gasteiger partial charge in [-0.05, 0) is 0 Å². The van der Waals surface area contributed by atoms with E-state index >= 15 is 0 Å². The molecule has 1 aromatic rings. The molecule has 12 heteroatoms. The van der Waals surface area contributed by atoms with E-state index in [1.807, 2.05) is 0 Å². The van der Waals surface area contributed by atoms with Crippen LogP contribution in [0.2, 0.25) is 0 Å². The molecule has 116 valence electrons. The second kappa shape index (κ2) is 7.64. The van der Waals surface area contributed by atoms with Crippen LogP contribution in [0.4, 0.5) is 5.13 Å². The molecule has 1 rings (SSSR count). The Hall–Kier alpha value is -1.29. The first-order valence-corrected chi connectivity index (χ1v) is 7.07. The summed E-state index contributed by atoms with van der Waals surface area (Å²) in [6.45, 7) is -1.13. The summed E-state index contributed by atoms with van der Waals surface area (Å²) in [5.41, 5.74) is 4.89. The number of halogens is 3. The van der Waals surface area contributed by atoms with E-state index in [-0.39, 0.29) is 10.8 Å². The monoisotopic (exact) mass is 375 g/mol. The molecule has 0 bridgehead atoms. The van der Waals surface area contributed by atoms with Crippen molar-refractivity contribution in [2.45, 2.75) is 3.79 Å². The summed E-state index contributed by atoms with van der Waals surface area (Å²) in [7, 11) is 0. The van der Waals surface area contributed by atoms with Crippen LogP contribution in [0.15, 0.2) is 10.5 Å². The van der Waals surface area contributed by atoms with E-state index < -0.39 is 34.7 Å². The van der Waals surface area contributed by atoms with Gasteiger partial charge < -0.3 is 20.4 Å². The summed E-state index contributed by atoms with van der Waals surface area (Å²) in [6.07, 6.45) is 0. The molecule has 0 aliphatic carbocycles. The summed E-state index contributed by atoms with van der Waals surface area (Å²) >= 11 is 17.2. The number of aliphatic carboxylic acids is 1. The lowest BCUT2D eigenvalue weighted by Crippen LogP contribution is -2.21. The number of rotatable bonds is 6. The van der Waals surface area contributed by atoms with Gasteiger partial charge >= 0.3 is 11.9 Å². The number of aromatic nitrogens is 1. The maximum absolute atomic E-state index is 11.2. The molecule has 0 aliphatic heterocycles. The van der Waals surface area contributed by atoms with Crippen LogP contribution in [0.25, 0.3) is 0 Å². The molecule has 21 heavy (non-hydrogen) atoms. The van der Waals surface area contributed by atoms with E-state index in [1.165, 1.54) is 5.38 Å². The predicted octanol–water partition coefficient (Wildman–Crippen LogP) is 1.44. The molecule has 0 amide bonds. The average molecular weight is 377 g/mol. The molecule has 0 aliphatic rings. The van der Waals surface area contributed by atoms with Crippen molar-refractivity contribution in [1.82, 2.24) is 4.98 Å². The minimum Gasteiger partial charge on any atom is -0.476 e. The number of oxime groups is 1. The van der Waals surface area contributed by atoms with E-state index in [0.29, 0.717) is 0 Å². The molecule has 0 radical (unpaired) electrons. The second-order valence-corrected chi connectivity index (χ2v) is 6.77. The van der Waals surface area contributed by atoms with E-state index in [4.69, 9.17) is 45.6 Å². The number of thiazole rings is 1. The summed E-state index contributed by atoms with van der Waals surface area (Å²) in [6, 6.07) is 0. The molecule has 0 saturated heterocycles. The lowest BCUT2D eigenvalue weighted by Gasteiger charge is -2.10. The Bertz CT molecular complexity index is 557. The third kappa shape index (κ3) is 6.80. The molecule has 0 unspecified atom stereocenters. The fraction of sp³-hybridized carbons (Fsp3) is 0.333. The molecule has 0 aromatic carbocycles. The zero-order chi connectivity index (χ0) is 16.0. The van der Waals surface area contributed by atoms with Gasteiger partial charge in [0.15, 0.2) is 5.13 Å². The molecule has 1 heterocycles. The molecule has 0 fully saturated rings. The molecule has 3 N–H and O–H groups in total. The van der Waals surface area contributed by atoms with Crippen molar-refractivity contribution in [2.75, 3.05) is 18.9 Å². The van der Waals surface area contributed by atoms with Gasteiger partial charge in [-0.2, -0.15) is 0 Å². The topological polar surface area (TPSA) is 124 Å². The van der Waals surface area contributed by atoms with Gasteiger partial charge in [0, 0.05) is 5.38 Å². The highest BCUT2D eigenvalue weighted by Gasteiger charge is 2.22. The minimum atomic E-state index is -1.75. The maximum atomic E-state index is 11.2. The van der Waals surface area contributed by atoms with E-state index in [2.05, 4.69) is 19.7 Å². The van der Waals surface area contributed by atoms with Crippen molar-refractivity contribution in [3.8, 4) is 0 Å². The number of nitrogen functional groups attached to an aromatic ring is 1. The highest BCUT2D eigenvalue weighted by molar-refractivity contribution is 7.13. The Balaban J connectivity index is 2.56. The second-order valence-electron chi connectivity index (χ2n) is 3.37. The maximum Gasteiger partial charge on any atom is 0.360 e. The number of carbonyl (C=O) groups excluding carboxylic acids is 1. The van der Waals surface area contributed by atoms with Gasteiger partial charge in [0.25, 0.3) is 0 Å². The molecular formula is C9H8Cl3N3O5S. The Labute approximate surface area is 137 Å². The van der Waals surface area contributed by atoms with Crippen molar-refractivity contribution < 1.29 is 24.3 Å². The minimum absolute atomic E-state index is 0.0136. The van der Waals surface area contributed by atoms with Gasteiger partial charge in [0.2, 0.25) is 16.1 Å². The zero-order valence-corrected chi connectivity index (χ0v) is 13.2. The van der Waals surface area contributed by atoms with Gasteiger partial charge in [-0.15, -0.1) is 11.3 Å². The number of alkyl halides is 3. The van der Waals surface area contributed by atoms with Crippen LogP contribution in [-0.2, 0) is 19.2 Å². The number of carboxylic acids is 1. The lowest BCUT2D eigenvalue weighted by atomic mass is 10.3. The van der Waals surface area contributed by atoms with Crippen molar-refractivity contribution in [3.05, 3.63) is 11.1 Å². The normalized spacial score (nSPS) is 12.0. The van der Waals surface area contributed by atoms with E-state index in [1.54, 1.807) is 0 Å². The number of hydrogen-bond donors (Lipinski definition) is 2. The third-order valence-electron chi connectivity index (χ3n) is 1.70. The number of nitrogens with two attached hydrogens (primary N) is 1. The average Bonchev–Trinajstić information content (AvgIpc) is 2.77. The first-order valence-electron chi connectivity index (χ1n) is 5.06. The molecule has 0 saturated carbocycles. The number of anilines is 1. The summed E-state index contributed by atoms with van der Waals surface area (Å²) in [4.78, 5) is 30.5. The van der Waals surface area contributed by atoms with Crippen molar-refractivity contribution in [1.29, 1.82) is 0 Å². The summed E-state index contributed by atoms with van der Waals surface area (Å²) in [5, 5.41) is 13.8. The SMILES string of the molecule is Nc1nc(C(=NOCC(=O)OCC(Cl)(Cl)Cl)C(=O)O)cs1. The van der Waals surface area contributed by atoms with Crippen molar-refractivity contribution in [2.24, 2.45) is 5.16 Å². The highest BCUT2D eigenvalue weighted by Crippen LogP contribution is 2.25. The Kier molecular flexibility index (Phi) is 6.46. The molecular weight excluding hydrogens is 369 g/mol. The highest BCUT2D eigenvalue weighted by atomic mass is 35.6. The number of hydrogen-bond acceptors (Lipinski definition) is 8. The van der Waals surface area contributed by atoms with Gasteiger partial charge in [0.05, 0.1) is 0 Å². The molecule has 0 atom stereocenters. The van der Waals surface area contributed by atoms with Crippen LogP contribution in [0.1, 0.15) is 5.69 Å². The molecule has 1 aromatic heterocycles. The van der Waals surface area contributed by atoms with Crippen molar-refractivity contribution in [3.63, 3.8) is 0 Å². The third-order valence-corrected chi connectivity index (χ3v) is 2.70. The summed E-state index contributed by atoms with van der Waals surface area (Å²) in [5.74, 6) is -2.28. The van der Waals surface area contributed by atoms with Crippen LogP contribution < -0.4 is 5.73 Å². The Morgan fingerprint density at radius 2 is 2.14 bits per heavy atom. The first-order chi connectivity index (χ1) is 9.69. The zero-order valence-electron chi connectivity index (χ0n) is 10.1. The summed E-state index contributed by atoms with van der Waals surface area (Å²) < 4.78 is 2.80. The van der Waals surface area contributed by atoms with Gasteiger partial charge in [-0.1, -0.05) is 40.0 Å². The lowest BCUT2D eigenvalue weighted by molar-refractivity contribution is -0.149. The number of nitrogens with zero attached hydrogens (tertiary/aromatic N) is 2. The Morgan fingerprint density at radius 3 is 2.62 bits per heavy atom. The first kappa shape index (κ1) is 17.8. The van der Waals surface area contributed by atoms with Crippen molar-refractivity contribution >= 4 is 68.9 Å². The van der Waals surface area contributed by atoms with Gasteiger partial charge in [-0.25, -0.2) is 14.6 Å². The van der Waals surface area contributed by atoms with Crippen LogP contribution in [-0.4, -0.2) is 44.7 Å².